The summed E-state index contributed by atoms with van der Waals surface area (Å²) >= 11 is 3.57. The summed E-state index contributed by atoms with van der Waals surface area (Å²) < 4.78 is 1.12. The number of benzene rings is 2. The number of anilines is 1. The largest absolute Gasteiger partial charge is 0.508 e. The predicted octanol–water partition coefficient (Wildman–Crippen LogP) is 4.38. The first-order valence-corrected chi connectivity index (χ1v) is 6.64. The zero-order chi connectivity index (χ0) is 13.1. The minimum Gasteiger partial charge on any atom is -0.508 e. The molecule has 2 aromatic carbocycles. The molecule has 0 amide bonds. The molecule has 0 aliphatic rings. The van der Waals surface area contributed by atoms with E-state index in [1.165, 1.54) is 11.1 Å². The molecule has 0 saturated heterocycles. The van der Waals surface area contributed by atoms with Gasteiger partial charge in [0, 0.05) is 16.7 Å². The zero-order valence-corrected chi connectivity index (χ0v) is 12.1. The monoisotopic (exact) mass is 305 g/mol. The third kappa shape index (κ3) is 3.05. The molecule has 2 aromatic rings. The summed E-state index contributed by atoms with van der Waals surface area (Å²) in [5, 5.41) is 12.7. The second kappa shape index (κ2) is 5.44. The van der Waals surface area contributed by atoms with Crippen molar-refractivity contribution in [2.24, 2.45) is 0 Å². The van der Waals surface area contributed by atoms with E-state index < -0.39 is 0 Å². The van der Waals surface area contributed by atoms with Gasteiger partial charge in [-0.15, -0.1) is 0 Å². The summed E-state index contributed by atoms with van der Waals surface area (Å²) in [4.78, 5) is 0. The number of hydrogen-bond donors (Lipinski definition) is 2. The van der Waals surface area contributed by atoms with E-state index in [1.54, 1.807) is 12.1 Å². The number of hydrogen-bond acceptors (Lipinski definition) is 2. The second-order valence-corrected chi connectivity index (χ2v) is 5.30. The lowest BCUT2D eigenvalue weighted by atomic mass is 10.1. The first-order chi connectivity index (χ1) is 8.56. The normalized spacial score (nSPS) is 10.4. The molecule has 18 heavy (non-hydrogen) atoms. The van der Waals surface area contributed by atoms with Crippen LogP contribution in [0.4, 0.5) is 5.69 Å². The summed E-state index contributed by atoms with van der Waals surface area (Å²) in [7, 11) is 0. The number of phenols is 1. The van der Waals surface area contributed by atoms with Gasteiger partial charge in [-0.2, -0.15) is 0 Å². The van der Waals surface area contributed by atoms with Gasteiger partial charge in [-0.05, 0) is 54.8 Å². The van der Waals surface area contributed by atoms with E-state index >= 15 is 0 Å². The van der Waals surface area contributed by atoms with Crippen molar-refractivity contribution in [1.82, 2.24) is 0 Å². The fourth-order valence-corrected chi connectivity index (χ4v) is 2.47. The number of phenolic OH excluding ortho intramolecular Hbond substituents is 1. The summed E-state index contributed by atoms with van der Waals surface area (Å²) in [5.74, 6) is 0.301. The highest BCUT2D eigenvalue weighted by atomic mass is 79.9. The lowest BCUT2D eigenvalue weighted by Crippen LogP contribution is -2.01. The van der Waals surface area contributed by atoms with Gasteiger partial charge in [0.1, 0.15) is 5.75 Å². The first kappa shape index (κ1) is 13.0. The van der Waals surface area contributed by atoms with Crippen LogP contribution in [0.1, 0.15) is 16.7 Å². The smallest absolute Gasteiger partial charge is 0.115 e. The van der Waals surface area contributed by atoms with Gasteiger partial charge in [0.15, 0.2) is 0 Å². The number of aryl methyl sites for hydroxylation is 2. The molecule has 0 spiro atoms. The van der Waals surface area contributed by atoms with Crippen LogP contribution >= 0.6 is 15.9 Å². The zero-order valence-electron chi connectivity index (χ0n) is 10.5. The maximum absolute atomic E-state index is 9.36. The number of rotatable bonds is 3. The minimum absolute atomic E-state index is 0.301. The van der Waals surface area contributed by atoms with Crippen LogP contribution < -0.4 is 5.32 Å². The molecule has 0 atom stereocenters. The van der Waals surface area contributed by atoms with Crippen LogP contribution in [-0.4, -0.2) is 5.11 Å². The maximum Gasteiger partial charge on any atom is 0.115 e. The SMILES string of the molecule is Cc1ccc(CNc2ccc(O)cc2C)c(Br)c1. The fraction of sp³-hybridized carbons (Fsp3) is 0.200. The molecule has 0 bridgehead atoms. The highest BCUT2D eigenvalue weighted by Gasteiger charge is 2.02. The highest BCUT2D eigenvalue weighted by Crippen LogP contribution is 2.23. The maximum atomic E-state index is 9.36. The lowest BCUT2D eigenvalue weighted by molar-refractivity contribution is 0.475. The lowest BCUT2D eigenvalue weighted by Gasteiger charge is -2.11. The summed E-state index contributed by atoms with van der Waals surface area (Å²) in [6, 6.07) is 11.7. The Balaban J connectivity index is 2.11. The Labute approximate surface area is 116 Å². The van der Waals surface area contributed by atoms with E-state index in [9.17, 15) is 5.11 Å². The molecular formula is C15H16BrNO. The van der Waals surface area contributed by atoms with Gasteiger partial charge in [0.25, 0.3) is 0 Å². The molecule has 2 nitrogen and oxygen atoms in total. The first-order valence-electron chi connectivity index (χ1n) is 5.85. The van der Waals surface area contributed by atoms with E-state index in [0.717, 1.165) is 22.3 Å². The van der Waals surface area contributed by atoms with Gasteiger partial charge in [-0.3, -0.25) is 0 Å². The van der Waals surface area contributed by atoms with Gasteiger partial charge in [-0.25, -0.2) is 0 Å². The standard InChI is InChI=1S/C15H16BrNO/c1-10-3-4-12(14(16)7-10)9-17-15-6-5-13(18)8-11(15)2/h3-8,17-18H,9H2,1-2H3. The van der Waals surface area contributed by atoms with Crippen molar-refractivity contribution < 1.29 is 5.11 Å². The van der Waals surface area contributed by atoms with Crippen LogP contribution in [0.5, 0.6) is 5.75 Å². The Kier molecular flexibility index (Phi) is 3.92. The molecule has 0 heterocycles. The quantitative estimate of drug-likeness (QED) is 0.825. The van der Waals surface area contributed by atoms with E-state index in [2.05, 4.69) is 46.4 Å². The molecule has 3 heteroatoms. The fourth-order valence-electron chi connectivity index (χ4n) is 1.83. The Morgan fingerprint density at radius 1 is 1.11 bits per heavy atom. The molecule has 0 saturated carbocycles. The molecule has 0 aliphatic heterocycles. The Hall–Kier alpha value is -1.48. The Morgan fingerprint density at radius 2 is 1.89 bits per heavy atom. The van der Waals surface area contributed by atoms with Crippen LogP contribution in [-0.2, 0) is 6.54 Å². The van der Waals surface area contributed by atoms with Crippen molar-refractivity contribution in [3.8, 4) is 5.75 Å². The Morgan fingerprint density at radius 3 is 2.56 bits per heavy atom. The molecule has 0 unspecified atom stereocenters. The number of nitrogens with one attached hydrogen (secondary N) is 1. The average molecular weight is 306 g/mol. The molecule has 0 aromatic heterocycles. The van der Waals surface area contributed by atoms with Crippen molar-refractivity contribution in [2.75, 3.05) is 5.32 Å². The average Bonchev–Trinajstić information content (AvgIpc) is 2.30. The Bertz CT molecular complexity index is 515. The van der Waals surface area contributed by atoms with Crippen molar-refractivity contribution in [3.63, 3.8) is 0 Å². The van der Waals surface area contributed by atoms with Crippen molar-refractivity contribution in [1.29, 1.82) is 0 Å². The van der Waals surface area contributed by atoms with Gasteiger partial charge < -0.3 is 10.4 Å². The van der Waals surface area contributed by atoms with E-state index in [1.807, 2.05) is 13.0 Å². The molecule has 0 fully saturated rings. The van der Waals surface area contributed by atoms with Crippen LogP contribution in [0.2, 0.25) is 0 Å². The van der Waals surface area contributed by atoms with Gasteiger partial charge in [-0.1, -0.05) is 28.1 Å². The molecule has 0 aliphatic carbocycles. The molecule has 94 valence electrons. The van der Waals surface area contributed by atoms with Crippen molar-refractivity contribution in [2.45, 2.75) is 20.4 Å². The van der Waals surface area contributed by atoms with Crippen LogP contribution in [0.3, 0.4) is 0 Å². The van der Waals surface area contributed by atoms with Crippen LogP contribution in [0, 0.1) is 13.8 Å². The molecule has 0 radical (unpaired) electrons. The summed E-state index contributed by atoms with van der Waals surface area (Å²) in [6.45, 7) is 4.81. The van der Waals surface area contributed by atoms with E-state index in [0.29, 0.717) is 5.75 Å². The predicted molar refractivity (Wildman–Crippen MR) is 79.0 cm³/mol. The van der Waals surface area contributed by atoms with Crippen LogP contribution in [0.15, 0.2) is 40.9 Å². The topological polar surface area (TPSA) is 32.3 Å². The highest BCUT2D eigenvalue weighted by molar-refractivity contribution is 9.10. The van der Waals surface area contributed by atoms with Gasteiger partial charge >= 0.3 is 0 Å². The third-order valence-corrected chi connectivity index (χ3v) is 3.63. The van der Waals surface area contributed by atoms with E-state index in [-0.39, 0.29) is 0 Å². The third-order valence-electron chi connectivity index (χ3n) is 2.89. The minimum atomic E-state index is 0.301. The van der Waals surface area contributed by atoms with Gasteiger partial charge in [0.2, 0.25) is 0 Å². The van der Waals surface area contributed by atoms with E-state index in [4.69, 9.17) is 0 Å². The number of aromatic hydroxyl groups is 1. The van der Waals surface area contributed by atoms with Gasteiger partial charge in [0.05, 0.1) is 0 Å². The molecule has 2 N–H and O–H groups in total. The van der Waals surface area contributed by atoms with Crippen molar-refractivity contribution in [3.05, 3.63) is 57.6 Å². The van der Waals surface area contributed by atoms with Crippen LogP contribution in [0.25, 0.3) is 0 Å². The summed E-state index contributed by atoms with van der Waals surface area (Å²) in [5.41, 5.74) is 4.54. The number of halogens is 1. The second-order valence-electron chi connectivity index (χ2n) is 4.45. The molecule has 2 rings (SSSR count). The van der Waals surface area contributed by atoms with Crippen molar-refractivity contribution >= 4 is 21.6 Å². The summed E-state index contributed by atoms with van der Waals surface area (Å²) in [6.07, 6.45) is 0. The molecular weight excluding hydrogens is 290 g/mol.